The average Bonchev–Trinajstić information content (AvgIpc) is 3.07. The molecule has 6 nitrogen and oxygen atoms in total. The van der Waals surface area contributed by atoms with Crippen LogP contribution in [0.3, 0.4) is 0 Å². The molecule has 3 heterocycles. The number of rotatable bonds is 6. The number of ether oxygens (including phenoxy) is 1. The van der Waals surface area contributed by atoms with Crippen molar-refractivity contribution in [1.29, 1.82) is 0 Å². The van der Waals surface area contributed by atoms with Gasteiger partial charge in [0.15, 0.2) is 0 Å². The van der Waals surface area contributed by atoms with E-state index in [1.54, 1.807) is 0 Å². The molecule has 150 valence electrons. The van der Waals surface area contributed by atoms with Crippen LogP contribution in [-0.2, 0) is 33.8 Å². The SMILES string of the molecule is COC(=O)CCCC(=O)N1CCc2c(n(Cc3ccccc3)c3ncccc23)C1. The minimum atomic E-state index is -0.271. The summed E-state index contributed by atoms with van der Waals surface area (Å²) in [5.41, 5.74) is 4.64. The van der Waals surface area contributed by atoms with Crippen LogP contribution >= 0.6 is 0 Å². The Kier molecular flexibility index (Phi) is 5.60. The summed E-state index contributed by atoms with van der Waals surface area (Å²) in [5.74, 6) is -0.183. The number of aromatic nitrogens is 2. The van der Waals surface area contributed by atoms with Gasteiger partial charge in [0.2, 0.25) is 5.91 Å². The van der Waals surface area contributed by atoms with E-state index in [1.807, 2.05) is 35.4 Å². The second-order valence-corrected chi connectivity index (χ2v) is 7.37. The average molecular weight is 391 g/mol. The number of benzene rings is 1. The van der Waals surface area contributed by atoms with Crippen LogP contribution in [0.4, 0.5) is 0 Å². The molecule has 29 heavy (non-hydrogen) atoms. The van der Waals surface area contributed by atoms with Gasteiger partial charge < -0.3 is 14.2 Å². The maximum Gasteiger partial charge on any atom is 0.305 e. The number of hydrogen-bond acceptors (Lipinski definition) is 4. The van der Waals surface area contributed by atoms with Gasteiger partial charge in [-0.15, -0.1) is 0 Å². The Bertz CT molecular complexity index is 1030. The van der Waals surface area contributed by atoms with E-state index in [1.165, 1.54) is 23.6 Å². The Hall–Kier alpha value is -3.15. The second-order valence-electron chi connectivity index (χ2n) is 7.37. The Labute approximate surface area is 170 Å². The number of methoxy groups -OCH3 is 1. The van der Waals surface area contributed by atoms with Crippen molar-refractivity contribution < 1.29 is 14.3 Å². The number of amides is 1. The van der Waals surface area contributed by atoms with Crippen LogP contribution in [0.25, 0.3) is 11.0 Å². The van der Waals surface area contributed by atoms with Crippen molar-refractivity contribution in [2.75, 3.05) is 13.7 Å². The molecule has 0 aliphatic carbocycles. The zero-order valence-corrected chi connectivity index (χ0v) is 16.6. The number of hydrogen-bond donors (Lipinski definition) is 0. The van der Waals surface area contributed by atoms with E-state index >= 15 is 0 Å². The molecule has 2 aromatic heterocycles. The summed E-state index contributed by atoms with van der Waals surface area (Å²) in [6.07, 6.45) is 3.80. The smallest absolute Gasteiger partial charge is 0.305 e. The highest BCUT2D eigenvalue weighted by Crippen LogP contribution is 2.30. The number of pyridine rings is 1. The van der Waals surface area contributed by atoms with E-state index in [-0.39, 0.29) is 18.3 Å². The number of carbonyl (C=O) groups is 2. The molecule has 0 radical (unpaired) electrons. The number of carbonyl (C=O) groups excluding carboxylic acids is 2. The van der Waals surface area contributed by atoms with E-state index < -0.39 is 0 Å². The van der Waals surface area contributed by atoms with Gasteiger partial charge in [-0.2, -0.15) is 0 Å². The Morgan fingerprint density at radius 2 is 1.93 bits per heavy atom. The van der Waals surface area contributed by atoms with Gasteiger partial charge in [0.25, 0.3) is 0 Å². The molecule has 3 aromatic rings. The van der Waals surface area contributed by atoms with Crippen molar-refractivity contribution in [3.63, 3.8) is 0 Å². The second kappa shape index (κ2) is 8.47. The molecular formula is C23H25N3O3. The molecule has 0 fully saturated rings. The van der Waals surface area contributed by atoms with Crippen LogP contribution in [0.2, 0.25) is 0 Å². The van der Waals surface area contributed by atoms with Crippen molar-refractivity contribution in [3.8, 4) is 0 Å². The fourth-order valence-corrected chi connectivity index (χ4v) is 4.05. The molecule has 1 aliphatic rings. The summed E-state index contributed by atoms with van der Waals surface area (Å²) in [6.45, 7) is 2.01. The summed E-state index contributed by atoms with van der Waals surface area (Å²) >= 11 is 0. The molecule has 0 atom stereocenters. The molecule has 1 amide bonds. The highest BCUT2D eigenvalue weighted by atomic mass is 16.5. The van der Waals surface area contributed by atoms with Gasteiger partial charge in [-0.3, -0.25) is 9.59 Å². The van der Waals surface area contributed by atoms with E-state index in [0.29, 0.717) is 25.9 Å². The minimum absolute atomic E-state index is 0.0871. The molecule has 0 saturated heterocycles. The zero-order chi connectivity index (χ0) is 20.2. The molecular weight excluding hydrogens is 366 g/mol. The first-order valence-corrected chi connectivity index (χ1v) is 10.0. The standard InChI is InChI=1S/C23H25N3O3/c1-29-22(28)11-5-10-21(27)25-14-12-18-19-9-6-13-24-23(19)26(20(18)16-25)15-17-7-3-2-4-8-17/h2-4,6-9,13H,5,10-12,14-16H2,1H3. The molecule has 1 aromatic carbocycles. The van der Waals surface area contributed by atoms with Crippen LogP contribution in [0.15, 0.2) is 48.7 Å². The Balaban J connectivity index is 1.58. The van der Waals surface area contributed by atoms with Crippen molar-refractivity contribution in [3.05, 3.63) is 65.5 Å². The Morgan fingerprint density at radius 1 is 1.10 bits per heavy atom. The molecule has 0 N–H and O–H groups in total. The van der Waals surface area contributed by atoms with Crippen molar-refractivity contribution in [2.45, 2.75) is 38.8 Å². The van der Waals surface area contributed by atoms with Gasteiger partial charge in [-0.05, 0) is 36.1 Å². The largest absolute Gasteiger partial charge is 0.469 e. The third kappa shape index (κ3) is 4.01. The zero-order valence-electron chi connectivity index (χ0n) is 16.6. The van der Waals surface area contributed by atoms with E-state index in [0.717, 1.165) is 24.3 Å². The molecule has 0 saturated carbocycles. The van der Waals surface area contributed by atoms with Crippen LogP contribution in [0.1, 0.15) is 36.1 Å². The molecule has 4 rings (SSSR count). The summed E-state index contributed by atoms with van der Waals surface area (Å²) in [4.78, 5) is 30.5. The quantitative estimate of drug-likeness (QED) is 0.605. The lowest BCUT2D eigenvalue weighted by Crippen LogP contribution is -2.36. The van der Waals surface area contributed by atoms with E-state index in [4.69, 9.17) is 0 Å². The lowest BCUT2D eigenvalue weighted by atomic mass is 10.0. The number of nitrogens with zero attached hydrogens (tertiary/aromatic N) is 3. The van der Waals surface area contributed by atoms with Crippen molar-refractivity contribution in [2.24, 2.45) is 0 Å². The van der Waals surface area contributed by atoms with Gasteiger partial charge >= 0.3 is 5.97 Å². The van der Waals surface area contributed by atoms with Crippen molar-refractivity contribution in [1.82, 2.24) is 14.5 Å². The van der Waals surface area contributed by atoms with Gasteiger partial charge in [-0.1, -0.05) is 30.3 Å². The predicted octanol–water partition coefficient (Wildman–Crippen LogP) is 3.31. The monoisotopic (exact) mass is 391 g/mol. The summed E-state index contributed by atoms with van der Waals surface area (Å²) < 4.78 is 6.90. The number of esters is 1. The third-order valence-corrected chi connectivity index (χ3v) is 5.55. The molecule has 0 bridgehead atoms. The van der Waals surface area contributed by atoms with Gasteiger partial charge in [0.05, 0.1) is 13.7 Å². The third-order valence-electron chi connectivity index (χ3n) is 5.55. The minimum Gasteiger partial charge on any atom is -0.469 e. The normalized spacial score (nSPS) is 13.3. The summed E-state index contributed by atoms with van der Waals surface area (Å²) in [5, 5.41) is 1.18. The topological polar surface area (TPSA) is 64.4 Å². The maximum absolute atomic E-state index is 12.7. The van der Waals surface area contributed by atoms with Gasteiger partial charge in [-0.25, -0.2) is 4.98 Å². The number of fused-ring (bicyclic) bond motifs is 3. The Morgan fingerprint density at radius 3 is 2.72 bits per heavy atom. The fraction of sp³-hybridized carbons (Fsp3) is 0.348. The van der Waals surface area contributed by atoms with E-state index in [9.17, 15) is 9.59 Å². The van der Waals surface area contributed by atoms with E-state index in [2.05, 4.69) is 32.5 Å². The molecule has 6 heteroatoms. The predicted molar refractivity (Wildman–Crippen MR) is 110 cm³/mol. The fourth-order valence-electron chi connectivity index (χ4n) is 4.05. The maximum atomic E-state index is 12.7. The van der Waals surface area contributed by atoms with Gasteiger partial charge in [0, 0.05) is 43.2 Å². The van der Waals surface area contributed by atoms with Crippen molar-refractivity contribution >= 4 is 22.9 Å². The van der Waals surface area contributed by atoms with Crippen LogP contribution in [-0.4, -0.2) is 40.0 Å². The highest BCUT2D eigenvalue weighted by molar-refractivity contribution is 5.84. The first-order valence-electron chi connectivity index (χ1n) is 10.0. The first kappa shape index (κ1) is 19.2. The summed E-state index contributed by atoms with van der Waals surface area (Å²) in [7, 11) is 1.37. The van der Waals surface area contributed by atoms with Crippen LogP contribution in [0, 0.1) is 0 Å². The van der Waals surface area contributed by atoms with Crippen LogP contribution in [0.5, 0.6) is 0 Å². The lowest BCUT2D eigenvalue weighted by molar-refractivity contribution is -0.141. The lowest BCUT2D eigenvalue weighted by Gasteiger charge is -2.28. The van der Waals surface area contributed by atoms with Gasteiger partial charge in [0.1, 0.15) is 5.65 Å². The summed E-state index contributed by atoms with van der Waals surface area (Å²) in [6, 6.07) is 14.4. The van der Waals surface area contributed by atoms with Crippen LogP contribution < -0.4 is 0 Å². The molecule has 0 spiro atoms. The molecule has 0 unspecified atom stereocenters. The molecule has 1 aliphatic heterocycles. The highest BCUT2D eigenvalue weighted by Gasteiger charge is 2.27. The first-order chi connectivity index (χ1) is 14.2.